The summed E-state index contributed by atoms with van der Waals surface area (Å²) in [5.41, 5.74) is 4.64. The van der Waals surface area contributed by atoms with Crippen molar-refractivity contribution in [1.29, 1.82) is 0 Å². The number of nitrogens with zero attached hydrogens (tertiary/aromatic N) is 1. The summed E-state index contributed by atoms with van der Waals surface area (Å²) in [5.74, 6) is 0. The van der Waals surface area contributed by atoms with Gasteiger partial charge in [-0.15, -0.1) is 0 Å². The van der Waals surface area contributed by atoms with Gasteiger partial charge in [0, 0.05) is 21.9 Å². The summed E-state index contributed by atoms with van der Waals surface area (Å²) in [5, 5.41) is 4.22. The molecular weight excluding hydrogens is 246 g/mol. The first kappa shape index (κ1) is 11.5. The number of fused-ring (bicyclic) bond motifs is 2. The van der Waals surface area contributed by atoms with Gasteiger partial charge in [0.2, 0.25) is 0 Å². The van der Waals surface area contributed by atoms with Crippen molar-refractivity contribution in [2.75, 3.05) is 0 Å². The Hall–Kier alpha value is -2.35. The number of aromatic nitrogens is 1. The second kappa shape index (κ2) is 3.60. The van der Waals surface area contributed by atoms with Crippen molar-refractivity contribution < 1.29 is 0 Å². The maximum atomic E-state index is 12.8. The van der Waals surface area contributed by atoms with Gasteiger partial charge in [-0.25, -0.2) is 0 Å². The number of hydrogen-bond acceptors (Lipinski definition) is 1. The van der Waals surface area contributed by atoms with Crippen molar-refractivity contribution in [2.45, 2.75) is 20.8 Å². The third-order valence-electron chi connectivity index (χ3n) is 4.41. The number of benzene rings is 2. The summed E-state index contributed by atoms with van der Waals surface area (Å²) in [6.07, 6.45) is 0. The Balaban J connectivity index is 2.53. The molecule has 98 valence electrons. The number of aryl methyl sites for hydroxylation is 3. The first-order chi connectivity index (χ1) is 9.59. The third-order valence-corrected chi connectivity index (χ3v) is 4.41. The zero-order valence-electron chi connectivity index (χ0n) is 11.8. The molecule has 4 aromatic rings. The molecule has 0 unspecified atom stereocenters. The maximum Gasteiger partial charge on any atom is 0.263 e. The van der Waals surface area contributed by atoms with Crippen LogP contribution in [-0.4, -0.2) is 4.40 Å². The molecule has 0 aliphatic rings. The van der Waals surface area contributed by atoms with E-state index in [9.17, 15) is 4.79 Å². The van der Waals surface area contributed by atoms with E-state index in [0.717, 1.165) is 22.0 Å². The predicted molar refractivity (Wildman–Crippen MR) is 84.1 cm³/mol. The molecule has 2 aromatic carbocycles. The van der Waals surface area contributed by atoms with E-state index in [1.807, 2.05) is 35.6 Å². The van der Waals surface area contributed by atoms with Crippen LogP contribution in [-0.2, 0) is 0 Å². The molecule has 0 N–H and O–H groups in total. The lowest BCUT2D eigenvalue weighted by Gasteiger charge is -2.07. The van der Waals surface area contributed by atoms with Crippen molar-refractivity contribution in [3.8, 4) is 0 Å². The normalized spacial score (nSPS) is 11.9. The van der Waals surface area contributed by atoms with Gasteiger partial charge in [0.1, 0.15) is 0 Å². The third kappa shape index (κ3) is 1.21. The van der Waals surface area contributed by atoms with E-state index in [2.05, 4.69) is 26.0 Å². The molecule has 2 heteroatoms. The van der Waals surface area contributed by atoms with E-state index in [0.29, 0.717) is 0 Å². The van der Waals surface area contributed by atoms with Crippen LogP contribution in [0.5, 0.6) is 0 Å². The van der Waals surface area contributed by atoms with Crippen LogP contribution in [0.3, 0.4) is 0 Å². The first-order valence-corrected chi connectivity index (χ1v) is 6.86. The van der Waals surface area contributed by atoms with Gasteiger partial charge < -0.3 is 0 Å². The Labute approximate surface area is 116 Å². The quantitative estimate of drug-likeness (QED) is 0.439. The summed E-state index contributed by atoms with van der Waals surface area (Å²) in [7, 11) is 0. The number of rotatable bonds is 0. The highest BCUT2D eigenvalue weighted by Crippen LogP contribution is 2.32. The van der Waals surface area contributed by atoms with Crippen molar-refractivity contribution in [2.24, 2.45) is 0 Å². The number of pyridine rings is 1. The van der Waals surface area contributed by atoms with E-state index in [-0.39, 0.29) is 5.56 Å². The van der Waals surface area contributed by atoms with Gasteiger partial charge in [0.15, 0.2) is 0 Å². The average Bonchev–Trinajstić information content (AvgIpc) is 2.70. The van der Waals surface area contributed by atoms with Crippen LogP contribution in [0.25, 0.3) is 27.1 Å². The van der Waals surface area contributed by atoms with Crippen molar-refractivity contribution >= 4 is 27.1 Å². The molecule has 0 aliphatic carbocycles. The van der Waals surface area contributed by atoms with Gasteiger partial charge >= 0.3 is 0 Å². The van der Waals surface area contributed by atoms with Gasteiger partial charge in [-0.1, -0.05) is 18.2 Å². The lowest BCUT2D eigenvalue weighted by Crippen LogP contribution is -2.14. The molecule has 0 radical (unpaired) electrons. The van der Waals surface area contributed by atoms with Gasteiger partial charge in [0.25, 0.3) is 5.56 Å². The van der Waals surface area contributed by atoms with Gasteiger partial charge in [0.05, 0.1) is 5.52 Å². The molecule has 0 bridgehead atoms. The standard InChI is InChI=1S/C18H15NO/c1-10-8-15-11(2)12(3)19-17(15)16(9-10)13-6-4-5-7-14(13)18(19)20/h4-9H,1-3H3. The Kier molecular flexibility index (Phi) is 2.07. The highest BCUT2D eigenvalue weighted by atomic mass is 16.1. The van der Waals surface area contributed by atoms with Crippen LogP contribution in [0.15, 0.2) is 41.2 Å². The largest absolute Gasteiger partial charge is 0.280 e. The molecule has 0 spiro atoms. The molecule has 0 saturated carbocycles. The Bertz CT molecular complexity index is 1040. The Morgan fingerprint density at radius 2 is 1.50 bits per heavy atom. The van der Waals surface area contributed by atoms with Crippen LogP contribution in [0.4, 0.5) is 0 Å². The monoisotopic (exact) mass is 261 g/mol. The van der Waals surface area contributed by atoms with Crippen LogP contribution in [0.1, 0.15) is 16.8 Å². The van der Waals surface area contributed by atoms with E-state index >= 15 is 0 Å². The summed E-state index contributed by atoms with van der Waals surface area (Å²) in [4.78, 5) is 12.8. The van der Waals surface area contributed by atoms with E-state index in [1.54, 1.807) is 0 Å². The van der Waals surface area contributed by atoms with Gasteiger partial charge in [-0.05, 0) is 55.5 Å². The van der Waals surface area contributed by atoms with Gasteiger partial charge in [-0.2, -0.15) is 0 Å². The van der Waals surface area contributed by atoms with E-state index < -0.39 is 0 Å². The molecule has 0 atom stereocenters. The van der Waals surface area contributed by atoms with E-state index in [1.165, 1.54) is 21.9 Å². The lowest BCUT2D eigenvalue weighted by atomic mass is 10.0. The van der Waals surface area contributed by atoms with Crippen molar-refractivity contribution in [3.63, 3.8) is 0 Å². The van der Waals surface area contributed by atoms with Crippen LogP contribution >= 0.6 is 0 Å². The molecule has 20 heavy (non-hydrogen) atoms. The summed E-state index contributed by atoms with van der Waals surface area (Å²) in [6.45, 7) is 6.24. The first-order valence-electron chi connectivity index (χ1n) is 6.86. The second-order valence-electron chi connectivity index (χ2n) is 5.61. The zero-order valence-corrected chi connectivity index (χ0v) is 11.8. The highest BCUT2D eigenvalue weighted by Gasteiger charge is 2.17. The molecular formula is C18H15NO. The second-order valence-corrected chi connectivity index (χ2v) is 5.61. The molecule has 2 nitrogen and oxygen atoms in total. The van der Waals surface area contributed by atoms with Gasteiger partial charge in [-0.3, -0.25) is 9.20 Å². The minimum absolute atomic E-state index is 0.0903. The van der Waals surface area contributed by atoms with Crippen LogP contribution < -0.4 is 5.56 Å². The molecule has 4 rings (SSSR count). The number of hydrogen-bond donors (Lipinski definition) is 0. The fourth-order valence-corrected chi connectivity index (χ4v) is 3.32. The Morgan fingerprint density at radius 3 is 2.25 bits per heavy atom. The van der Waals surface area contributed by atoms with Crippen molar-refractivity contribution in [3.05, 3.63) is 63.6 Å². The Morgan fingerprint density at radius 1 is 0.850 bits per heavy atom. The average molecular weight is 261 g/mol. The predicted octanol–water partition coefficient (Wildman–Crippen LogP) is 3.97. The fraction of sp³-hybridized carbons (Fsp3) is 0.167. The van der Waals surface area contributed by atoms with Crippen LogP contribution in [0, 0.1) is 20.8 Å². The maximum absolute atomic E-state index is 12.8. The summed E-state index contributed by atoms with van der Waals surface area (Å²) in [6, 6.07) is 12.3. The molecule has 2 heterocycles. The fourth-order valence-electron chi connectivity index (χ4n) is 3.32. The van der Waals surface area contributed by atoms with Crippen molar-refractivity contribution in [1.82, 2.24) is 4.40 Å². The molecule has 0 amide bonds. The summed E-state index contributed by atoms with van der Waals surface area (Å²) >= 11 is 0. The summed E-state index contributed by atoms with van der Waals surface area (Å²) < 4.78 is 1.88. The molecule has 0 aliphatic heterocycles. The minimum Gasteiger partial charge on any atom is -0.280 e. The van der Waals surface area contributed by atoms with E-state index in [4.69, 9.17) is 0 Å². The minimum atomic E-state index is 0.0903. The molecule has 0 saturated heterocycles. The van der Waals surface area contributed by atoms with Crippen LogP contribution in [0.2, 0.25) is 0 Å². The SMILES string of the molecule is Cc1cc2c(C)c(C)n3c(=O)c4ccccc4c(c1)c23. The lowest BCUT2D eigenvalue weighted by molar-refractivity contribution is 1.06. The topological polar surface area (TPSA) is 21.5 Å². The zero-order chi connectivity index (χ0) is 14.0. The smallest absolute Gasteiger partial charge is 0.263 e. The molecule has 0 fully saturated rings. The highest BCUT2D eigenvalue weighted by molar-refractivity contribution is 6.12. The molecule has 2 aromatic heterocycles.